The number of hydrogen-bond donors (Lipinski definition) is 1. The fraction of sp³-hybridized carbons (Fsp3) is 0.562. The standard InChI is InChI=1S/C16H25NO4/c1-4-21-14-9-8-13(12-15(14)20-3)16(19)17(2)10-6-5-7-11-18/h8-9,12,18H,4-7,10-11H2,1-3H3. The number of amides is 1. The highest BCUT2D eigenvalue weighted by molar-refractivity contribution is 5.94. The second kappa shape index (κ2) is 9.23. The van der Waals surface area contributed by atoms with Gasteiger partial charge in [-0.25, -0.2) is 0 Å². The Hall–Kier alpha value is -1.75. The maximum atomic E-state index is 12.3. The molecule has 1 aromatic rings. The summed E-state index contributed by atoms with van der Waals surface area (Å²) in [5.74, 6) is 1.17. The van der Waals surface area contributed by atoms with E-state index in [4.69, 9.17) is 14.6 Å². The normalized spacial score (nSPS) is 10.3. The Morgan fingerprint density at radius 2 is 2.00 bits per heavy atom. The molecule has 0 aliphatic carbocycles. The second-order valence-electron chi connectivity index (χ2n) is 4.81. The van der Waals surface area contributed by atoms with Gasteiger partial charge >= 0.3 is 0 Å². The highest BCUT2D eigenvalue weighted by Gasteiger charge is 2.14. The summed E-state index contributed by atoms with van der Waals surface area (Å²) < 4.78 is 10.7. The van der Waals surface area contributed by atoms with Crippen LogP contribution in [0.2, 0.25) is 0 Å². The zero-order chi connectivity index (χ0) is 15.7. The molecular weight excluding hydrogens is 270 g/mol. The molecule has 118 valence electrons. The van der Waals surface area contributed by atoms with Crippen molar-refractivity contribution in [2.45, 2.75) is 26.2 Å². The number of ether oxygens (including phenoxy) is 2. The molecule has 1 rings (SSSR count). The second-order valence-corrected chi connectivity index (χ2v) is 4.81. The first-order chi connectivity index (χ1) is 10.1. The van der Waals surface area contributed by atoms with Gasteiger partial charge in [0, 0.05) is 25.8 Å². The molecule has 0 aliphatic heterocycles. The number of unbranched alkanes of at least 4 members (excludes halogenated alkanes) is 2. The Kier molecular flexibility index (Phi) is 7.61. The van der Waals surface area contributed by atoms with Gasteiger partial charge in [-0.05, 0) is 44.4 Å². The van der Waals surface area contributed by atoms with E-state index in [1.165, 1.54) is 0 Å². The van der Waals surface area contributed by atoms with Crippen molar-refractivity contribution in [1.29, 1.82) is 0 Å². The summed E-state index contributed by atoms with van der Waals surface area (Å²) in [5, 5.41) is 8.74. The lowest BCUT2D eigenvalue weighted by Gasteiger charge is -2.18. The summed E-state index contributed by atoms with van der Waals surface area (Å²) in [5.41, 5.74) is 0.583. The van der Waals surface area contributed by atoms with Crippen molar-refractivity contribution in [2.75, 3.05) is 33.9 Å². The molecule has 0 unspecified atom stereocenters. The Bertz CT molecular complexity index is 448. The number of aliphatic hydroxyl groups excluding tert-OH is 1. The van der Waals surface area contributed by atoms with Crippen molar-refractivity contribution in [3.8, 4) is 11.5 Å². The average molecular weight is 295 g/mol. The molecule has 0 radical (unpaired) electrons. The van der Waals surface area contributed by atoms with Gasteiger partial charge in [-0.1, -0.05) is 0 Å². The van der Waals surface area contributed by atoms with E-state index in [0.29, 0.717) is 30.2 Å². The van der Waals surface area contributed by atoms with Gasteiger partial charge in [0.1, 0.15) is 0 Å². The van der Waals surface area contributed by atoms with Crippen LogP contribution in [0.25, 0.3) is 0 Å². The van der Waals surface area contributed by atoms with Crippen LogP contribution in [-0.4, -0.2) is 49.8 Å². The van der Waals surface area contributed by atoms with Crippen molar-refractivity contribution in [2.24, 2.45) is 0 Å². The van der Waals surface area contributed by atoms with Crippen LogP contribution in [0, 0.1) is 0 Å². The number of methoxy groups -OCH3 is 1. The molecule has 1 aromatic carbocycles. The van der Waals surface area contributed by atoms with E-state index in [-0.39, 0.29) is 12.5 Å². The zero-order valence-electron chi connectivity index (χ0n) is 13.1. The topological polar surface area (TPSA) is 59.0 Å². The molecule has 0 aromatic heterocycles. The van der Waals surface area contributed by atoms with Crippen molar-refractivity contribution in [3.05, 3.63) is 23.8 Å². The van der Waals surface area contributed by atoms with E-state index < -0.39 is 0 Å². The molecule has 0 bridgehead atoms. The van der Waals surface area contributed by atoms with Gasteiger partial charge < -0.3 is 19.5 Å². The number of carbonyl (C=O) groups excluding carboxylic acids is 1. The molecule has 0 aliphatic rings. The first kappa shape index (κ1) is 17.3. The third-order valence-corrected chi connectivity index (χ3v) is 3.21. The summed E-state index contributed by atoms with van der Waals surface area (Å²) in [7, 11) is 3.34. The smallest absolute Gasteiger partial charge is 0.253 e. The number of aliphatic hydroxyl groups is 1. The number of nitrogens with zero attached hydrogens (tertiary/aromatic N) is 1. The van der Waals surface area contributed by atoms with E-state index in [1.807, 2.05) is 6.92 Å². The van der Waals surface area contributed by atoms with E-state index in [9.17, 15) is 4.79 Å². The molecule has 0 atom stereocenters. The maximum absolute atomic E-state index is 12.3. The minimum absolute atomic E-state index is 0.0413. The number of carbonyl (C=O) groups is 1. The highest BCUT2D eigenvalue weighted by Crippen LogP contribution is 2.28. The third kappa shape index (κ3) is 5.27. The van der Waals surface area contributed by atoms with Gasteiger partial charge in [0.15, 0.2) is 11.5 Å². The van der Waals surface area contributed by atoms with E-state index in [0.717, 1.165) is 19.3 Å². The molecule has 0 saturated heterocycles. The molecule has 0 fully saturated rings. The largest absolute Gasteiger partial charge is 0.493 e. The van der Waals surface area contributed by atoms with E-state index >= 15 is 0 Å². The lowest BCUT2D eigenvalue weighted by Crippen LogP contribution is -2.27. The molecule has 21 heavy (non-hydrogen) atoms. The quantitative estimate of drug-likeness (QED) is 0.710. The maximum Gasteiger partial charge on any atom is 0.253 e. The Labute approximate surface area is 126 Å². The Morgan fingerprint density at radius 3 is 2.62 bits per heavy atom. The minimum atomic E-state index is -0.0413. The van der Waals surface area contributed by atoms with Gasteiger partial charge in [-0.2, -0.15) is 0 Å². The predicted octanol–water partition coefficient (Wildman–Crippen LogP) is 2.33. The van der Waals surface area contributed by atoms with E-state index in [2.05, 4.69) is 0 Å². The van der Waals surface area contributed by atoms with Crippen LogP contribution >= 0.6 is 0 Å². The highest BCUT2D eigenvalue weighted by atomic mass is 16.5. The lowest BCUT2D eigenvalue weighted by atomic mass is 10.1. The van der Waals surface area contributed by atoms with Gasteiger partial charge in [0.25, 0.3) is 5.91 Å². The Morgan fingerprint density at radius 1 is 1.24 bits per heavy atom. The van der Waals surface area contributed by atoms with Crippen LogP contribution in [0.5, 0.6) is 11.5 Å². The van der Waals surface area contributed by atoms with Crippen molar-refractivity contribution < 1.29 is 19.4 Å². The van der Waals surface area contributed by atoms with Crippen LogP contribution in [0.1, 0.15) is 36.5 Å². The van der Waals surface area contributed by atoms with Crippen LogP contribution in [0.3, 0.4) is 0 Å². The van der Waals surface area contributed by atoms with Crippen molar-refractivity contribution >= 4 is 5.91 Å². The van der Waals surface area contributed by atoms with Crippen LogP contribution in [0.15, 0.2) is 18.2 Å². The monoisotopic (exact) mass is 295 g/mol. The number of benzene rings is 1. The van der Waals surface area contributed by atoms with Crippen LogP contribution in [-0.2, 0) is 0 Å². The first-order valence-corrected chi connectivity index (χ1v) is 7.31. The molecule has 0 heterocycles. The molecule has 1 amide bonds. The van der Waals surface area contributed by atoms with Gasteiger partial charge in [-0.15, -0.1) is 0 Å². The summed E-state index contributed by atoms with van der Waals surface area (Å²) in [6.07, 6.45) is 2.58. The van der Waals surface area contributed by atoms with Gasteiger partial charge in [0.05, 0.1) is 13.7 Å². The summed E-state index contributed by atoms with van der Waals surface area (Å²) >= 11 is 0. The minimum Gasteiger partial charge on any atom is -0.493 e. The molecule has 5 heteroatoms. The third-order valence-electron chi connectivity index (χ3n) is 3.21. The predicted molar refractivity (Wildman–Crippen MR) is 82.1 cm³/mol. The fourth-order valence-electron chi connectivity index (χ4n) is 2.03. The summed E-state index contributed by atoms with van der Waals surface area (Å²) in [6.45, 7) is 3.33. The van der Waals surface area contributed by atoms with Crippen molar-refractivity contribution in [1.82, 2.24) is 4.90 Å². The van der Waals surface area contributed by atoms with Gasteiger partial charge in [0.2, 0.25) is 0 Å². The lowest BCUT2D eigenvalue weighted by molar-refractivity contribution is 0.0791. The summed E-state index contributed by atoms with van der Waals surface area (Å²) in [4.78, 5) is 14.0. The first-order valence-electron chi connectivity index (χ1n) is 7.31. The van der Waals surface area contributed by atoms with Gasteiger partial charge in [-0.3, -0.25) is 4.79 Å². The SMILES string of the molecule is CCOc1ccc(C(=O)N(C)CCCCCO)cc1OC. The van der Waals surface area contributed by atoms with E-state index in [1.54, 1.807) is 37.3 Å². The number of rotatable bonds is 9. The summed E-state index contributed by atoms with van der Waals surface area (Å²) in [6, 6.07) is 5.22. The fourth-order valence-corrected chi connectivity index (χ4v) is 2.03. The zero-order valence-corrected chi connectivity index (χ0v) is 13.1. The number of hydrogen-bond acceptors (Lipinski definition) is 4. The molecule has 5 nitrogen and oxygen atoms in total. The molecule has 1 N–H and O–H groups in total. The average Bonchev–Trinajstić information content (AvgIpc) is 2.51. The van der Waals surface area contributed by atoms with Crippen molar-refractivity contribution in [3.63, 3.8) is 0 Å². The van der Waals surface area contributed by atoms with Crippen LogP contribution in [0.4, 0.5) is 0 Å². The molecule has 0 saturated carbocycles. The molecule has 0 spiro atoms. The van der Waals surface area contributed by atoms with Crippen LogP contribution < -0.4 is 9.47 Å². The Balaban J connectivity index is 2.68. The molecular formula is C16H25NO4.